The van der Waals surface area contributed by atoms with Crippen LogP contribution >= 0.6 is 11.8 Å². The van der Waals surface area contributed by atoms with Crippen LogP contribution in [0.2, 0.25) is 0 Å². The van der Waals surface area contributed by atoms with Crippen LogP contribution in [0.5, 0.6) is 0 Å². The number of amides is 1. The van der Waals surface area contributed by atoms with E-state index in [9.17, 15) is 9.59 Å². The molecule has 1 amide bonds. The number of hydrogen-bond acceptors (Lipinski definition) is 4. The highest BCUT2D eigenvalue weighted by atomic mass is 32.2. The normalized spacial score (nSPS) is 14.3. The van der Waals surface area contributed by atoms with E-state index in [0.717, 1.165) is 36.4 Å². The molecule has 1 aliphatic heterocycles. The SMILES string of the molecule is CCOC(=O)Cc1ccccc1SC(=O)N1CCCC1. The van der Waals surface area contributed by atoms with Gasteiger partial charge in [-0.2, -0.15) is 0 Å². The molecule has 0 bridgehead atoms. The lowest BCUT2D eigenvalue weighted by molar-refractivity contribution is -0.142. The summed E-state index contributed by atoms with van der Waals surface area (Å²) in [4.78, 5) is 26.4. The van der Waals surface area contributed by atoms with Gasteiger partial charge in [0.25, 0.3) is 5.24 Å². The first kappa shape index (κ1) is 14.9. The maximum absolute atomic E-state index is 12.2. The lowest BCUT2D eigenvalue weighted by atomic mass is 10.1. The summed E-state index contributed by atoms with van der Waals surface area (Å²) in [5, 5.41) is 0.0683. The summed E-state index contributed by atoms with van der Waals surface area (Å²) in [5.41, 5.74) is 0.850. The van der Waals surface area contributed by atoms with Crippen molar-refractivity contribution in [2.24, 2.45) is 0 Å². The summed E-state index contributed by atoms with van der Waals surface area (Å²) in [6.07, 6.45) is 2.37. The van der Waals surface area contributed by atoms with E-state index in [-0.39, 0.29) is 17.6 Å². The van der Waals surface area contributed by atoms with Crippen LogP contribution in [0.25, 0.3) is 0 Å². The minimum Gasteiger partial charge on any atom is -0.466 e. The zero-order valence-corrected chi connectivity index (χ0v) is 12.4. The average Bonchev–Trinajstić information content (AvgIpc) is 2.95. The highest BCUT2D eigenvalue weighted by Gasteiger charge is 2.20. The number of thioether (sulfide) groups is 1. The fourth-order valence-corrected chi connectivity index (χ4v) is 3.09. The predicted octanol–water partition coefficient (Wildman–Crippen LogP) is 3.10. The molecule has 1 fully saturated rings. The van der Waals surface area contributed by atoms with Crippen molar-refractivity contribution < 1.29 is 14.3 Å². The van der Waals surface area contributed by atoms with E-state index in [4.69, 9.17) is 4.74 Å². The molecule has 0 unspecified atom stereocenters. The molecule has 1 saturated heterocycles. The summed E-state index contributed by atoms with van der Waals surface area (Å²) < 4.78 is 4.96. The quantitative estimate of drug-likeness (QED) is 0.632. The van der Waals surface area contributed by atoms with Crippen LogP contribution in [0, 0.1) is 0 Å². The van der Waals surface area contributed by atoms with Gasteiger partial charge in [-0.05, 0) is 43.2 Å². The lowest BCUT2D eigenvalue weighted by Gasteiger charge is -2.15. The molecule has 20 heavy (non-hydrogen) atoms. The van der Waals surface area contributed by atoms with Gasteiger partial charge >= 0.3 is 5.97 Å². The van der Waals surface area contributed by atoms with Gasteiger partial charge in [-0.15, -0.1) is 0 Å². The molecule has 0 aromatic heterocycles. The summed E-state index contributed by atoms with van der Waals surface area (Å²) in [6, 6.07) is 7.51. The third kappa shape index (κ3) is 4.00. The fraction of sp³-hybridized carbons (Fsp3) is 0.467. The Hall–Kier alpha value is -1.49. The average molecular weight is 293 g/mol. The number of rotatable bonds is 4. The highest BCUT2D eigenvalue weighted by molar-refractivity contribution is 8.13. The Bertz CT molecular complexity index is 484. The van der Waals surface area contributed by atoms with Crippen molar-refractivity contribution in [1.82, 2.24) is 4.90 Å². The summed E-state index contributed by atoms with van der Waals surface area (Å²) in [7, 11) is 0. The van der Waals surface area contributed by atoms with E-state index in [1.165, 1.54) is 11.8 Å². The number of nitrogens with zero attached hydrogens (tertiary/aromatic N) is 1. The number of carbonyl (C=O) groups excluding carboxylic acids is 2. The molecule has 2 rings (SSSR count). The van der Waals surface area contributed by atoms with Crippen molar-refractivity contribution in [2.75, 3.05) is 19.7 Å². The number of benzene rings is 1. The van der Waals surface area contributed by atoms with Crippen LogP contribution in [0.1, 0.15) is 25.3 Å². The fourth-order valence-electron chi connectivity index (χ4n) is 2.18. The zero-order valence-electron chi connectivity index (χ0n) is 11.6. The first-order valence-electron chi connectivity index (χ1n) is 6.91. The van der Waals surface area contributed by atoms with E-state index in [1.807, 2.05) is 29.2 Å². The molecule has 1 aromatic carbocycles. The number of likely N-dealkylation sites (tertiary alicyclic amines) is 1. The van der Waals surface area contributed by atoms with Gasteiger partial charge < -0.3 is 9.64 Å². The Morgan fingerprint density at radius 1 is 1.25 bits per heavy atom. The molecular weight excluding hydrogens is 274 g/mol. The van der Waals surface area contributed by atoms with Gasteiger partial charge in [0.15, 0.2) is 0 Å². The Morgan fingerprint density at radius 2 is 1.95 bits per heavy atom. The molecule has 1 heterocycles. The van der Waals surface area contributed by atoms with Gasteiger partial charge in [-0.1, -0.05) is 18.2 Å². The number of carbonyl (C=O) groups is 2. The van der Waals surface area contributed by atoms with Crippen molar-refractivity contribution in [2.45, 2.75) is 31.1 Å². The topological polar surface area (TPSA) is 46.6 Å². The Labute approximate surface area is 123 Å². The maximum atomic E-state index is 12.2. The molecule has 1 aromatic rings. The molecule has 0 N–H and O–H groups in total. The minimum absolute atomic E-state index is 0.0683. The van der Waals surface area contributed by atoms with Gasteiger partial charge in [-0.25, -0.2) is 0 Å². The second kappa shape index (κ2) is 7.33. The maximum Gasteiger partial charge on any atom is 0.310 e. The van der Waals surface area contributed by atoms with E-state index < -0.39 is 0 Å². The van der Waals surface area contributed by atoms with Crippen LogP contribution < -0.4 is 0 Å². The van der Waals surface area contributed by atoms with Crippen molar-refractivity contribution in [3.05, 3.63) is 29.8 Å². The minimum atomic E-state index is -0.255. The summed E-state index contributed by atoms with van der Waals surface area (Å²) >= 11 is 1.21. The van der Waals surface area contributed by atoms with Gasteiger partial charge in [0, 0.05) is 18.0 Å². The first-order valence-corrected chi connectivity index (χ1v) is 7.72. The van der Waals surface area contributed by atoms with E-state index in [1.54, 1.807) is 6.92 Å². The van der Waals surface area contributed by atoms with Crippen molar-refractivity contribution in [3.63, 3.8) is 0 Å². The molecule has 0 saturated carbocycles. The molecule has 1 aliphatic rings. The molecule has 0 spiro atoms. The third-order valence-corrected chi connectivity index (χ3v) is 4.23. The van der Waals surface area contributed by atoms with Crippen molar-refractivity contribution in [1.29, 1.82) is 0 Å². The van der Waals surface area contributed by atoms with Crippen LogP contribution in [-0.2, 0) is 16.0 Å². The molecule has 0 radical (unpaired) electrons. The lowest BCUT2D eigenvalue weighted by Crippen LogP contribution is -2.23. The zero-order chi connectivity index (χ0) is 14.4. The summed E-state index contributed by atoms with van der Waals surface area (Å²) in [6.45, 7) is 3.84. The third-order valence-electron chi connectivity index (χ3n) is 3.17. The monoisotopic (exact) mass is 293 g/mol. The predicted molar refractivity (Wildman–Crippen MR) is 78.8 cm³/mol. The van der Waals surface area contributed by atoms with Crippen LogP contribution in [-0.4, -0.2) is 35.8 Å². The second-order valence-corrected chi connectivity index (χ2v) is 5.64. The van der Waals surface area contributed by atoms with Crippen LogP contribution in [0.3, 0.4) is 0 Å². The van der Waals surface area contributed by atoms with Gasteiger partial charge in [0.05, 0.1) is 13.0 Å². The standard InChI is InChI=1S/C15H19NO3S/c1-2-19-14(17)11-12-7-3-4-8-13(12)20-15(18)16-9-5-6-10-16/h3-4,7-8H,2,5-6,9-11H2,1H3. The molecule has 108 valence electrons. The summed E-state index contributed by atoms with van der Waals surface area (Å²) in [5.74, 6) is -0.255. The highest BCUT2D eigenvalue weighted by Crippen LogP contribution is 2.27. The molecule has 4 nitrogen and oxygen atoms in total. The Balaban J connectivity index is 2.03. The molecular formula is C15H19NO3S. The van der Waals surface area contributed by atoms with E-state index in [2.05, 4.69) is 0 Å². The Morgan fingerprint density at radius 3 is 2.65 bits per heavy atom. The van der Waals surface area contributed by atoms with Crippen LogP contribution in [0.15, 0.2) is 29.2 Å². The number of esters is 1. The second-order valence-electron chi connectivity index (χ2n) is 4.65. The van der Waals surface area contributed by atoms with Gasteiger partial charge in [0.2, 0.25) is 0 Å². The molecule has 0 aliphatic carbocycles. The number of hydrogen-bond donors (Lipinski definition) is 0. The van der Waals surface area contributed by atoms with E-state index >= 15 is 0 Å². The molecule has 5 heteroatoms. The smallest absolute Gasteiger partial charge is 0.310 e. The first-order chi connectivity index (χ1) is 9.70. The van der Waals surface area contributed by atoms with Crippen molar-refractivity contribution in [3.8, 4) is 0 Å². The van der Waals surface area contributed by atoms with Crippen molar-refractivity contribution >= 4 is 23.0 Å². The number of ether oxygens (including phenoxy) is 1. The Kier molecular flexibility index (Phi) is 5.47. The van der Waals surface area contributed by atoms with Crippen LogP contribution in [0.4, 0.5) is 4.79 Å². The van der Waals surface area contributed by atoms with E-state index in [0.29, 0.717) is 6.61 Å². The van der Waals surface area contributed by atoms with Gasteiger partial charge in [0.1, 0.15) is 0 Å². The molecule has 0 atom stereocenters. The largest absolute Gasteiger partial charge is 0.466 e. The van der Waals surface area contributed by atoms with Gasteiger partial charge in [-0.3, -0.25) is 9.59 Å².